The summed E-state index contributed by atoms with van der Waals surface area (Å²) in [4.78, 5) is 14.5. The maximum atomic E-state index is 12.5. The largest absolute Gasteiger partial charge is 0.338 e. The minimum atomic E-state index is 0.169. The lowest BCUT2D eigenvalue weighted by molar-refractivity contribution is 0.0669. The highest BCUT2D eigenvalue weighted by Crippen LogP contribution is 2.21. The van der Waals surface area contributed by atoms with Crippen molar-refractivity contribution in [1.82, 2.24) is 4.90 Å². The Balaban J connectivity index is 2.02. The third kappa shape index (κ3) is 3.60. The lowest BCUT2D eigenvalue weighted by atomic mass is 9.94. The zero-order chi connectivity index (χ0) is 14.5. The first-order valence-corrected chi connectivity index (χ1v) is 7.71. The van der Waals surface area contributed by atoms with Gasteiger partial charge in [0.05, 0.1) is 0 Å². The van der Waals surface area contributed by atoms with E-state index in [9.17, 15) is 4.79 Å². The summed E-state index contributed by atoms with van der Waals surface area (Å²) in [7, 11) is 0. The van der Waals surface area contributed by atoms with E-state index in [-0.39, 0.29) is 5.91 Å². The van der Waals surface area contributed by atoms with Gasteiger partial charge in [0.25, 0.3) is 5.91 Å². The number of likely N-dealkylation sites (tertiary alicyclic amines) is 1. The summed E-state index contributed by atoms with van der Waals surface area (Å²) in [6.45, 7) is 6.79. The van der Waals surface area contributed by atoms with Crippen LogP contribution in [0.5, 0.6) is 0 Å². The van der Waals surface area contributed by atoms with Gasteiger partial charge in [-0.05, 0) is 55.3 Å². The minimum Gasteiger partial charge on any atom is -0.338 e. The van der Waals surface area contributed by atoms with Gasteiger partial charge in [0, 0.05) is 18.7 Å². The molecule has 3 nitrogen and oxygen atoms in total. The topological polar surface area (TPSA) is 46.3 Å². The van der Waals surface area contributed by atoms with Crippen LogP contribution in [-0.4, -0.2) is 30.4 Å². The number of amides is 1. The molecule has 0 aliphatic carbocycles. The van der Waals surface area contributed by atoms with Crippen molar-refractivity contribution in [2.75, 3.05) is 19.6 Å². The highest BCUT2D eigenvalue weighted by molar-refractivity contribution is 5.94. The van der Waals surface area contributed by atoms with Gasteiger partial charge in [-0.2, -0.15) is 0 Å². The maximum absolute atomic E-state index is 12.5. The second-order valence-electron chi connectivity index (χ2n) is 6.11. The fraction of sp³-hybridized carbons (Fsp3) is 0.588. The van der Waals surface area contributed by atoms with E-state index in [0.717, 1.165) is 38.0 Å². The van der Waals surface area contributed by atoms with Gasteiger partial charge in [-0.3, -0.25) is 4.79 Å². The normalized spacial score (nSPS) is 19.4. The van der Waals surface area contributed by atoms with E-state index in [1.165, 1.54) is 12.0 Å². The third-order valence-electron chi connectivity index (χ3n) is 4.21. The predicted molar refractivity (Wildman–Crippen MR) is 82.8 cm³/mol. The van der Waals surface area contributed by atoms with E-state index in [4.69, 9.17) is 5.73 Å². The molecule has 1 fully saturated rings. The standard InChI is InChI=1S/C17H26N2O/c1-13(2)15-5-7-16(8-6-15)17(20)19-11-3-4-14(12-19)9-10-18/h5-8,13-14H,3-4,9-12,18H2,1-2H3. The first-order chi connectivity index (χ1) is 9.61. The zero-order valence-electron chi connectivity index (χ0n) is 12.6. The second kappa shape index (κ2) is 6.89. The van der Waals surface area contributed by atoms with Crippen LogP contribution in [0, 0.1) is 5.92 Å². The Kier molecular flexibility index (Phi) is 5.18. The molecule has 1 unspecified atom stereocenters. The highest BCUT2D eigenvalue weighted by atomic mass is 16.2. The van der Waals surface area contributed by atoms with Crippen molar-refractivity contribution in [1.29, 1.82) is 0 Å². The molecular formula is C17H26N2O. The lowest BCUT2D eigenvalue weighted by Crippen LogP contribution is -2.40. The zero-order valence-corrected chi connectivity index (χ0v) is 12.6. The number of rotatable bonds is 4. The molecule has 20 heavy (non-hydrogen) atoms. The summed E-state index contributed by atoms with van der Waals surface area (Å²) in [6, 6.07) is 8.06. The van der Waals surface area contributed by atoms with Crippen LogP contribution in [0.1, 0.15) is 54.9 Å². The van der Waals surface area contributed by atoms with E-state index in [1.807, 2.05) is 17.0 Å². The van der Waals surface area contributed by atoms with Crippen molar-refractivity contribution in [3.05, 3.63) is 35.4 Å². The van der Waals surface area contributed by atoms with Crippen LogP contribution in [0.25, 0.3) is 0 Å². The summed E-state index contributed by atoms with van der Waals surface area (Å²) in [5.41, 5.74) is 7.72. The molecule has 2 N–H and O–H groups in total. The van der Waals surface area contributed by atoms with Crippen molar-refractivity contribution >= 4 is 5.91 Å². The third-order valence-corrected chi connectivity index (χ3v) is 4.21. The van der Waals surface area contributed by atoms with Crippen LogP contribution < -0.4 is 5.73 Å². The molecule has 0 bridgehead atoms. The van der Waals surface area contributed by atoms with Gasteiger partial charge in [-0.1, -0.05) is 26.0 Å². The number of piperidine rings is 1. The number of carbonyl (C=O) groups excluding carboxylic acids is 1. The summed E-state index contributed by atoms with van der Waals surface area (Å²) < 4.78 is 0. The number of nitrogens with zero attached hydrogens (tertiary/aromatic N) is 1. The van der Waals surface area contributed by atoms with Crippen LogP contribution in [0.4, 0.5) is 0 Å². The van der Waals surface area contributed by atoms with Gasteiger partial charge in [-0.25, -0.2) is 0 Å². The van der Waals surface area contributed by atoms with Crippen molar-refractivity contribution in [2.45, 2.75) is 39.0 Å². The minimum absolute atomic E-state index is 0.169. The van der Waals surface area contributed by atoms with Gasteiger partial charge >= 0.3 is 0 Å². The number of hydrogen-bond donors (Lipinski definition) is 1. The molecule has 2 rings (SSSR count). The van der Waals surface area contributed by atoms with E-state index in [0.29, 0.717) is 11.8 Å². The average Bonchev–Trinajstić information content (AvgIpc) is 2.47. The van der Waals surface area contributed by atoms with Gasteiger partial charge in [0.2, 0.25) is 0 Å². The van der Waals surface area contributed by atoms with Gasteiger partial charge in [0.15, 0.2) is 0 Å². The van der Waals surface area contributed by atoms with Crippen LogP contribution in [0.15, 0.2) is 24.3 Å². The molecule has 1 atom stereocenters. The molecule has 3 heteroatoms. The fourth-order valence-corrected chi connectivity index (χ4v) is 2.91. The summed E-state index contributed by atoms with van der Waals surface area (Å²) in [5, 5.41) is 0. The molecule has 1 aliphatic heterocycles. The number of benzene rings is 1. The first kappa shape index (κ1) is 15.0. The first-order valence-electron chi connectivity index (χ1n) is 7.71. The van der Waals surface area contributed by atoms with Gasteiger partial charge in [0.1, 0.15) is 0 Å². The Morgan fingerprint density at radius 2 is 2.05 bits per heavy atom. The van der Waals surface area contributed by atoms with E-state index in [2.05, 4.69) is 26.0 Å². The lowest BCUT2D eigenvalue weighted by Gasteiger charge is -2.32. The van der Waals surface area contributed by atoms with Crippen LogP contribution in [0.2, 0.25) is 0 Å². The molecule has 1 aromatic rings. The molecule has 110 valence electrons. The Bertz CT molecular complexity index is 437. The number of carbonyl (C=O) groups is 1. The van der Waals surface area contributed by atoms with E-state index >= 15 is 0 Å². The van der Waals surface area contributed by atoms with Crippen LogP contribution >= 0.6 is 0 Å². The van der Waals surface area contributed by atoms with Crippen molar-refractivity contribution in [2.24, 2.45) is 11.7 Å². The molecule has 1 saturated heterocycles. The Morgan fingerprint density at radius 1 is 1.35 bits per heavy atom. The van der Waals surface area contributed by atoms with E-state index in [1.54, 1.807) is 0 Å². The SMILES string of the molecule is CC(C)c1ccc(C(=O)N2CCCC(CCN)C2)cc1. The second-order valence-corrected chi connectivity index (χ2v) is 6.11. The highest BCUT2D eigenvalue weighted by Gasteiger charge is 2.23. The van der Waals surface area contributed by atoms with Crippen molar-refractivity contribution < 1.29 is 4.79 Å². The molecule has 0 spiro atoms. The molecule has 0 saturated carbocycles. The molecule has 0 radical (unpaired) electrons. The van der Waals surface area contributed by atoms with E-state index < -0.39 is 0 Å². The Morgan fingerprint density at radius 3 is 2.65 bits per heavy atom. The predicted octanol–water partition coefficient (Wildman–Crippen LogP) is 3.01. The Hall–Kier alpha value is -1.35. The van der Waals surface area contributed by atoms with Crippen molar-refractivity contribution in [3.8, 4) is 0 Å². The number of hydrogen-bond acceptors (Lipinski definition) is 2. The van der Waals surface area contributed by atoms with Crippen molar-refractivity contribution in [3.63, 3.8) is 0 Å². The summed E-state index contributed by atoms with van der Waals surface area (Å²) in [5.74, 6) is 1.25. The monoisotopic (exact) mass is 274 g/mol. The molecule has 0 aromatic heterocycles. The molecule has 1 heterocycles. The number of nitrogens with two attached hydrogens (primary N) is 1. The van der Waals surface area contributed by atoms with Gasteiger partial charge < -0.3 is 10.6 Å². The summed E-state index contributed by atoms with van der Waals surface area (Å²) in [6.07, 6.45) is 3.32. The Labute approximate surface area is 122 Å². The molecule has 1 amide bonds. The molecule has 1 aliphatic rings. The maximum Gasteiger partial charge on any atom is 0.253 e. The quantitative estimate of drug-likeness (QED) is 0.917. The average molecular weight is 274 g/mol. The molecular weight excluding hydrogens is 248 g/mol. The van der Waals surface area contributed by atoms with Crippen LogP contribution in [-0.2, 0) is 0 Å². The summed E-state index contributed by atoms with van der Waals surface area (Å²) >= 11 is 0. The smallest absolute Gasteiger partial charge is 0.253 e. The van der Waals surface area contributed by atoms with Gasteiger partial charge in [-0.15, -0.1) is 0 Å². The van der Waals surface area contributed by atoms with Crippen LogP contribution in [0.3, 0.4) is 0 Å². The fourth-order valence-electron chi connectivity index (χ4n) is 2.91. The molecule has 1 aromatic carbocycles.